The third-order valence-electron chi connectivity index (χ3n) is 7.07. The van der Waals surface area contributed by atoms with Crippen LogP contribution in [0.15, 0.2) is 83.3 Å². The van der Waals surface area contributed by atoms with E-state index in [4.69, 9.17) is 18.5 Å². The van der Waals surface area contributed by atoms with Gasteiger partial charge in [-0.25, -0.2) is 4.79 Å². The van der Waals surface area contributed by atoms with Crippen LogP contribution in [0.25, 0.3) is 22.3 Å². The fraction of sp³-hybridized carbons (Fsp3) is 0.276. The molecule has 0 bridgehead atoms. The Morgan fingerprint density at radius 1 is 0.861 bits per heavy atom. The molecule has 0 aliphatic carbocycles. The molecule has 4 aromatic rings. The molecule has 1 fully saturated rings. The summed E-state index contributed by atoms with van der Waals surface area (Å²) in [5.41, 5.74) is 3.07. The van der Waals surface area contributed by atoms with Gasteiger partial charge in [0.2, 0.25) is 0 Å². The highest BCUT2D eigenvalue weighted by molar-refractivity contribution is 6.62. The molecule has 7 heteroatoms. The highest BCUT2D eigenvalue weighted by Crippen LogP contribution is 2.39. The van der Waals surface area contributed by atoms with Crippen LogP contribution < -0.4 is 10.8 Å². The maximum atomic E-state index is 12.9. The summed E-state index contributed by atoms with van der Waals surface area (Å²) in [5.74, 6) is 0.556. The lowest BCUT2D eigenvalue weighted by atomic mass is 9.79. The van der Waals surface area contributed by atoms with Gasteiger partial charge in [0.1, 0.15) is 11.7 Å². The van der Waals surface area contributed by atoms with Crippen molar-refractivity contribution in [3.05, 3.63) is 84.4 Å². The molecule has 6 nitrogen and oxygen atoms in total. The number of hydrogen-bond acceptors (Lipinski definition) is 5. The lowest BCUT2D eigenvalue weighted by Crippen LogP contribution is -2.41. The fourth-order valence-corrected chi connectivity index (χ4v) is 4.23. The van der Waals surface area contributed by atoms with Crippen molar-refractivity contribution in [3.63, 3.8) is 0 Å². The Labute approximate surface area is 211 Å². The zero-order valence-corrected chi connectivity index (χ0v) is 21.2. The largest absolute Gasteiger partial charge is 0.494 e. The van der Waals surface area contributed by atoms with E-state index in [9.17, 15) is 4.79 Å². The molecule has 1 amide bonds. The van der Waals surface area contributed by atoms with Gasteiger partial charge in [0, 0.05) is 10.9 Å². The smallest absolute Gasteiger partial charge is 0.454 e. The number of benzene rings is 3. The van der Waals surface area contributed by atoms with Crippen molar-refractivity contribution < 1.29 is 23.3 Å². The molecule has 1 aromatic heterocycles. The van der Waals surface area contributed by atoms with Crippen LogP contribution in [0.5, 0.6) is 0 Å². The second-order valence-corrected chi connectivity index (χ2v) is 10.1. The van der Waals surface area contributed by atoms with E-state index >= 15 is 0 Å². The molecule has 1 aliphatic rings. The number of nitrogens with one attached hydrogen (secondary N) is 1. The Balaban J connectivity index is 1.41. The number of para-hydroxylation sites is 1. The van der Waals surface area contributed by atoms with E-state index in [1.54, 1.807) is 0 Å². The average molecular weight is 483 g/mol. The number of ether oxygens (including phenoxy) is 1. The van der Waals surface area contributed by atoms with Gasteiger partial charge in [-0.15, -0.1) is 0 Å². The molecule has 3 aromatic carbocycles. The molecule has 184 valence electrons. The quantitative estimate of drug-likeness (QED) is 0.320. The van der Waals surface area contributed by atoms with Gasteiger partial charge in [-0.1, -0.05) is 66.7 Å². The van der Waals surface area contributed by atoms with Crippen molar-refractivity contribution in [1.29, 1.82) is 0 Å². The van der Waals surface area contributed by atoms with Crippen molar-refractivity contribution in [2.45, 2.75) is 51.9 Å². The van der Waals surface area contributed by atoms with Gasteiger partial charge in [0.15, 0.2) is 5.76 Å². The summed E-state index contributed by atoms with van der Waals surface area (Å²) in [5, 5.41) is 3.72. The first kappa shape index (κ1) is 24.2. The van der Waals surface area contributed by atoms with Crippen molar-refractivity contribution in [2.24, 2.45) is 0 Å². The number of rotatable bonds is 5. The van der Waals surface area contributed by atoms with E-state index in [0.717, 1.165) is 22.0 Å². The van der Waals surface area contributed by atoms with Crippen molar-refractivity contribution in [3.8, 4) is 11.3 Å². The minimum Gasteiger partial charge on any atom is -0.454 e. The van der Waals surface area contributed by atoms with Crippen LogP contribution in [0.3, 0.4) is 0 Å². The SMILES string of the molecule is C[C@@H](OC(=O)Nc1c(-c2ccc(B3OC(C)(C)C(C)(C)O3)cc2)oc2ccccc12)c1ccccc1. The third-order valence-corrected chi connectivity index (χ3v) is 7.07. The predicted molar refractivity (Wildman–Crippen MR) is 142 cm³/mol. The predicted octanol–water partition coefficient (Wildman–Crippen LogP) is 6.71. The molecule has 5 rings (SSSR count). The first-order chi connectivity index (χ1) is 17.1. The number of fused-ring (bicyclic) bond motifs is 1. The van der Waals surface area contributed by atoms with Gasteiger partial charge in [-0.2, -0.15) is 0 Å². The molecule has 1 atom stereocenters. The van der Waals surface area contributed by atoms with Crippen LogP contribution in [-0.2, 0) is 14.0 Å². The number of hydrogen-bond donors (Lipinski definition) is 1. The Hall–Kier alpha value is -3.55. The Morgan fingerprint density at radius 2 is 1.47 bits per heavy atom. The molecule has 1 N–H and O–H groups in total. The summed E-state index contributed by atoms with van der Waals surface area (Å²) in [7, 11) is -0.452. The molecule has 0 spiro atoms. The van der Waals surface area contributed by atoms with E-state index in [2.05, 4.69) is 5.32 Å². The van der Waals surface area contributed by atoms with Crippen molar-refractivity contribution in [1.82, 2.24) is 0 Å². The second kappa shape index (κ2) is 9.15. The van der Waals surface area contributed by atoms with Crippen molar-refractivity contribution in [2.75, 3.05) is 5.32 Å². The number of furan rings is 1. The zero-order chi connectivity index (χ0) is 25.5. The number of carbonyl (C=O) groups excluding carboxylic acids is 1. The van der Waals surface area contributed by atoms with Gasteiger partial charge in [-0.3, -0.25) is 5.32 Å². The van der Waals surface area contributed by atoms with Crippen molar-refractivity contribution >= 4 is 35.3 Å². The van der Waals surface area contributed by atoms with Gasteiger partial charge in [0.25, 0.3) is 0 Å². The number of anilines is 1. The van der Waals surface area contributed by atoms with Gasteiger partial charge in [-0.05, 0) is 57.8 Å². The van der Waals surface area contributed by atoms with Gasteiger partial charge in [0.05, 0.1) is 16.9 Å². The number of carbonyl (C=O) groups is 1. The topological polar surface area (TPSA) is 69.9 Å². The summed E-state index contributed by atoms with van der Waals surface area (Å²) >= 11 is 0. The van der Waals surface area contributed by atoms with Crippen LogP contribution in [0, 0.1) is 0 Å². The van der Waals surface area contributed by atoms with E-state index < -0.39 is 30.5 Å². The van der Waals surface area contributed by atoms with E-state index in [1.807, 2.05) is 113 Å². The molecule has 0 saturated carbocycles. The molecule has 36 heavy (non-hydrogen) atoms. The lowest BCUT2D eigenvalue weighted by Gasteiger charge is -2.32. The molecule has 1 aliphatic heterocycles. The molecule has 0 unspecified atom stereocenters. The standard InChI is InChI=1S/C29H30BNO5/c1-19(20-11-7-6-8-12-20)33-27(32)31-25-23-13-9-10-14-24(23)34-26(25)21-15-17-22(18-16-21)30-35-28(2,3)29(4,5)36-30/h6-19H,1-5H3,(H,31,32)/t19-/m1/s1. The average Bonchev–Trinajstić information content (AvgIpc) is 3.32. The summed E-state index contributed by atoms with van der Waals surface area (Å²) in [6, 6.07) is 25.0. The molecule has 2 heterocycles. The minimum atomic E-state index is -0.548. The minimum absolute atomic E-state index is 0.396. The normalized spacial score (nSPS) is 17.2. The Kier molecular flexibility index (Phi) is 6.14. The molecule has 0 radical (unpaired) electrons. The van der Waals surface area contributed by atoms with Gasteiger partial charge < -0.3 is 18.5 Å². The second-order valence-electron chi connectivity index (χ2n) is 10.1. The van der Waals surface area contributed by atoms with E-state index in [0.29, 0.717) is 17.0 Å². The Bertz CT molecular complexity index is 1360. The van der Waals surface area contributed by atoms with Crippen LogP contribution >= 0.6 is 0 Å². The Morgan fingerprint density at radius 3 is 2.14 bits per heavy atom. The van der Waals surface area contributed by atoms with Crippen LogP contribution in [-0.4, -0.2) is 24.4 Å². The first-order valence-electron chi connectivity index (χ1n) is 12.1. The monoisotopic (exact) mass is 483 g/mol. The lowest BCUT2D eigenvalue weighted by molar-refractivity contribution is 0.00578. The third kappa shape index (κ3) is 4.52. The summed E-state index contributed by atoms with van der Waals surface area (Å²) in [4.78, 5) is 12.9. The molecule has 1 saturated heterocycles. The summed E-state index contributed by atoms with van der Waals surface area (Å²) in [6.45, 7) is 9.98. The highest BCUT2D eigenvalue weighted by Gasteiger charge is 2.51. The van der Waals surface area contributed by atoms with Gasteiger partial charge >= 0.3 is 13.2 Å². The van der Waals surface area contributed by atoms with Crippen LogP contribution in [0.2, 0.25) is 0 Å². The summed E-state index contributed by atoms with van der Waals surface area (Å²) < 4.78 is 24.2. The van der Waals surface area contributed by atoms with E-state index in [1.165, 1.54) is 0 Å². The van der Waals surface area contributed by atoms with E-state index in [-0.39, 0.29) is 0 Å². The fourth-order valence-electron chi connectivity index (χ4n) is 4.23. The molecular weight excluding hydrogens is 453 g/mol. The maximum absolute atomic E-state index is 12.9. The maximum Gasteiger partial charge on any atom is 0.494 e. The molecular formula is C29H30BNO5. The summed E-state index contributed by atoms with van der Waals surface area (Å²) in [6.07, 6.45) is -0.944. The van der Waals surface area contributed by atoms with Crippen LogP contribution in [0.4, 0.5) is 10.5 Å². The zero-order valence-electron chi connectivity index (χ0n) is 21.2. The number of amides is 1. The highest BCUT2D eigenvalue weighted by atomic mass is 16.7. The van der Waals surface area contributed by atoms with Crippen LogP contribution in [0.1, 0.15) is 46.3 Å². The first-order valence-corrected chi connectivity index (χ1v) is 12.1.